The summed E-state index contributed by atoms with van der Waals surface area (Å²) in [4.78, 5) is 5.79. The lowest BCUT2D eigenvalue weighted by Gasteiger charge is -2.42. The minimum absolute atomic E-state index is 0.0871. The molecule has 6 heteroatoms. The second-order valence-electron chi connectivity index (χ2n) is 5.57. The molecule has 0 saturated carbocycles. The molecule has 0 radical (unpaired) electrons. The van der Waals surface area contributed by atoms with Crippen LogP contribution in [0.1, 0.15) is 24.8 Å². The van der Waals surface area contributed by atoms with Gasteiger partial charge in [0.25, 0.3) is 0 Å². The Hall–Kier alpha value is -1.30. The Labute approximate surface area is 116 Å². The smallest absolute Gasteiger partial charge is 0.356 e. The van der Waals surface area contributed by atoms with Crippen LogP contribution in [0.4, 0.5) is 19.0 Å². The third-order valence-electron chi connectivity index (χ3n) is 4.28. The molecule has 1 aromatic heterocycles. The number of nitrogens with zero attached hydrogens (tertiary/aromatic N) is 2. The highest BCUT2D eigenvalue weighted by Crippen LogP contribution is 2.37. The zero-order valence-electron chi connectivity index (χ0n) is 11.2. The third kappa shape index (κ3) is 2.61. The number of rotatable bonds is 1. The Balaban J connectivity index is 1.83. The lowest BCUT2D eigenvalue weighted by molar-refractivity contribution is -0.137. The van der Waals surface area contributed by atoms with Gasteiger partial charge in [0.2, 0.25) is 0 Å². The number of piperidine rings is 2. The topological polar surface area (TPSA) is 28.2 Å². The lowest BCUT2D eigenvalue weighted by Crippen LogP contribution is -2.52. The zero-order valence-corrected chi connectivity index (χ0v) is 11.2. The number of halogens is 3. The van der Waals surface area contributed by atoms with E-state index >= 15 is 0 Å². The van der Waals surface area contributed by atoms with Crippen LogP contribution in [0.3, 0.4) is 0 Å². The number of aromatic nitrogens is 1. The summed E-state index contributed by atoms with van der Waals surface area (Å²) in [5.41, 5.74) is -0.623. The molecule has 0 aliphatic carbocycles. The van der Waals surface area contributed by atoms with Crippen LogP contribution < -0.4 is 10.2 Å². The van der Waals surface area contributed by atoms with Crippen LogP contribution in [-0.4, -0.2) is 30.7 Å². The van der Waals surface area contributed by atoms with Gasteiger partial charge in [0.05, 0.1) is 5.56 Å². The van der Waals surface area contributed by atoms with Gasteiger partial charge in [-0.1, -0.05) is 0 Å². The van der Waals surface area contributed by atoms with Gasteiger partial charge in [0, 0.05) is 25.3 Å². The van der Waals surface area contributed by atoms with E-state index in [4.69, 9.17) is 0 Å². The summed E-state index contributed by atoms with van der Waals surface area (Å²) >= 11 is 0. The number of pyridine rings is 1. The highest BCUT2D eigenvalue weighted by Gasteiger charge is 2.38. The molecular weight excluding hydrogens is 267 g/mol. The fourth-order valence-corrected chi connectivity index (χ4v) is 3.31. The van der Waals surface area contributed by atoms with Crippen molar-refractivity contribution in [1.29, 1.82) is 0 Å². The van der Waals surface area contributed by atoms with E-state index in [0.717, 1.165) is 31.9 Å². The van der Waals surface area contributed by atoms with E-state index in [0.29, 0.717) is 25.0 Å². The average Bonchev–Trinajstić information content (AvgIpc) is 2.46. The molecule has 3 rings (SSSR count). The summed E-state index contributed by atoms with van der Waals surface area (Å²) in [5.74, 6) is 0.518. The highest BCUT2D eigenvalue weighted by atomic mass is 19.4. The number of fused-ring (bicyclic) bond motifs is 1. The number of nitrogens with one attached hydrogen (secondary N) is 1. The summed E-state index contributed by atoms with van der Waals surface area (Å²) in [6.07, 6.45) is 0.172. The monoisotopic (exact) mass is 285 g/mol. The van der Waals surface area contributed by atoms with E-state index in [1.165, 1.54) is 12.3 Å². The SMILES string of the molecule is FC(F)(F)c1cccnc1N1CCC2NCCCC2C1. The molecule has 0 amide bonds. The molecule has 3 nitrogen and oxygen atoms in total. The van der Waals surface area contributed by atoms with Crippen LogP contribution in [0, 0.1) is 5.92 Å². The zero-order chi connectivity index (χ0) is 14.2. The molecule has 2 atom stereocenters. The number of anilines is 1. The first-order chi connectivity index (χ1) is 9.55. The summed E-state index contributed by atoms with van der Waals surface area (Å²) in [6.45, 7) is 2.32. The van der Waals surface area contributed by atoms with Crippen molar-refractivity contribution in [3.63, 3.8) is 0 Å². The fourth-order valence-electron chi connectivity index (χ4n) is 3.31. The Kier molecular flexibility index (Phi) is 3.58. The molecule has 0 spiro atoms. The molecule has 2 aliphatic heterocycles. The van der Waals surface area contributed by atoms with Gasteiger partial charge in [-0.25, -0.2) is 4.98 Å². The van der Waals surface area contributed by atoms with E-state index in [-0.39, 0.29) is 5.82 Å². The maximum Gasteiger partial charge on any atom is 0.419 e. The van der Waals surface area contributed by atoms with Crippen molar-refractivity contribution in [2.45, 2.75) is 31.5 Å². The number of alkyl halides is 3. The van der Waals surface area contributed by atoms with Crippen molar-refractivity contribution >= 4 is 5.82 Å². The molecule has 1 aromatic rings. The quantitative estimate of drug-likeness (QED) is 0.860. The predicted molar refractivity (Wildman–Crippen MR) is 70.6 cm³/mol. The van der Waals surface area contributed by atoms with E-state index in [9.17, 15) is 13.2 Å². The minimum atomic E-state index is -4.34. The normalized spacial score (nSPS) is 27.2. The van der Waals surface area contributed by atoms with Gasteiger partial charge in [-0.2, -0.15) is 13.2 Å². The summed E-state index contributed by atoms with van der Waals surface area (Å²) < 4.78 is 39.2. The van der Waals surface area contributed by atoms with Crippen molar-refractivity contribution in [2.24, 2.45) is 5.92 Å². The average molecular weight is 285 g/mol. The van der Waals surface area contributed by atoms with Crippen LogP contribution in [0.25, 0.3) is 0 Å². The highest BCUT2D eigenvalue weighted by molar-refractivity contribution is 5.49. The van der Waals surface area contributed by atoms with E-state index in [1.54, 1.807) is 4.90 Å². The Bertz CT molecular complexity index is 475. The predicted octanol–water partition coefficient (Wildman–Crippen LogP) is 2.68. The standard InChI is InChI=1S/C14H18F3N3/c15-14(16,17)11-4-2-7-19-13(11)20-8-5-12-10(9-20)3-1-6-18-12/h2,4,7,10,12,18H,1,3,5-6,8-9H2. The van der Waals surface area contributed by atoms with Crippen molar-refractivity contribution in [3.8, 4) is 0 Å². The van der Waals surface area contributed by atoms with Gasteiger partial charge in [-0.3, -0.25) is 0 Å². The van der Waals surface area contributed by atoms with Gasteiger partial charge >= 0.3 is 6.18 Å². The Morgan fingerprint density at radius 3 is 2.95 bits per heavy atom. The first kappa shape index (κ1) is 13.7. The number of hydrogen-bond acceptors (Lipinski definition) is 3. The molecule has 2 saturated heterocycles. The largest absolute Gasteiger partial charge is 0.419 e. The Morgan fingerprint density at radius 2 is 2.15 bits per heavy atom. The van der Waals surface area contributed by atoms with Crippen LogP contribution >= 0.6 is 0 Å². The van der Waals surface area contributed by atoms with Crippen LogP contribution in [0.5, 0.6) is 0 Å². The molecule has 1 N–H and O–H groups in total. The second-order valence-corrected chi connectivity index (χ2v) is 5.57. The maximum absolute atomic E-state index is 13.1. The van der Waals surface area contributed by atoms with Crippen molar-refractivity contribution in [3.05, 3.63) is 23.9 Å². The molecule has 2 fully saturated rings. The van der Waals surface area contributed by atoms with Gasteiger partial charge in [0.1, 0.15) is 5.82 Å². The van der Waals surface area contributed by atoms with Crippen LogP contribution in [-0.2, 0) is 6.18 Å². The second kappa shape index (κ2) is 5.24. The summed E-state index contributed by atoms with van der Waals surface area (Å²) in [5, 5.41) is 3.47. The van der Waals surface area contributed by atoms with Gasteiger partial charge in [0.15, 0.2) is 0 Å². The van der Waals surface area contributed by atoms with Crippen molar-refractivity contribution < 1.29 is 13.2 Å². The molecule has 2 aliphatic rings. The first-order valence-corrected chi connectivity index (χ1v) is 7.06. The fraction of sp³-hybridized carbons (Fsp3) is 0.643. The van der Waals surface area contributed by atoms with Gasteiger partial charge in [-0.05, 0) is 43.9 Å². The molecule has 2 unspecified atom stereocenters. The molecule has 110 valence electrons. The lowest BCUT2D eigenvalue weighted by atomic mass is 9.85. The van der Waals surface area contributed by atoms with Crippen LogP contribution in [0.15, 0.2) is 18.3 Å². The first-order valence-electron chi connectivity index (χ1n) is 7.06. The van der Waals surface area contributed by atoms with E-state index in [2.05, 4.69) is 10.3 Å². The van der Waals surface area contributed by atoms with E-state index in [1.807, 2.05) is 0 Å². The minimum Gasteiger partial charge on any atom is -0.356 e. The summed E-state index contributed by atoms with van der Waals surface area (Å²) in [6, 6.07) is 2.92. The van der Waals surface area contributed by atoms with Gasteiger partial charge in [-0.15, -0.1) is 0 Å². The Morgan fingerprint density at radius 1 is 1.30 bits per heavy atom. The molecule has 20 heavy (non-hydrogen) atoms. The molecular formula is C14H18F3N3. The maximum atomic E-state index is 13.1. The molecule has 3 heterocycles. The van der Waals surface area contributed by atoms with Crippen molar-refractivity contribution in [2.75, 3.05) is 24.5 Å². The van der Waals surface area contributed by atoms with Crippen LogP contribution in [0.2, 0.25) is 0 Å². The third-order valence-corrected chi connectivity index (χ3v) is 4.28. The van der Waals surface area contributed by atoms with Gasteiger partial charge < -0.3 is 10.2 Å². The van der Waals surface area contributed by atoms with E-state index < -0.39 is 11.7 Å². The number of hydrogen-bond donors (Lipinski definition) is 1. The molecule has 0 bridgehead atoms. The summed E-state index contributed by atoms with van der Waals surface area (Å²) in [7, 11) is 0. The van der Waals surface area contributed by atoms with Crippen molar-refractivity contribution in [1.82, 2.24) is 10.3 Å². The molecule has 0 aromatic carbocycles.